The van der Waals surface area contributed by atoms with Gasteiger partial charge in [-0.2, -0.15) is 0 Å². The second-order valence-corrected chi connectivity index (χ2v) is 15.1. The molecule has 8 N–H and O–H groups in total. The smallest absolute Gasteiger partial charge is 0.408 e. The number of hydrogen-bond acceptors (Lipinski definition) is 8. The third-order valence-electron chi connectivity index (χ3n) is 9.46. The molecule has 0 spiro atoms. The summed E-state index contributed by atoms with van der Waals surface area (Å²) in [5.41, 5.74) is 13.9. The number of nitrogens with two attached hydrogens (primary N) is 2. The minimum Gasteiger partial charge on any atom is -0.445 e. The summed E-state index contributed by atoms with van der Waals surface area (Å²) in [4.78, 5) is 93.1. The Labute approximate surface area is 348 Å². The van der Waals surface area contributed by atoms with Gasteiger partial charge in [0.1, 0.15) is 24.7 Å². The van der Waals surface area contributed by atoms with Gasteiger partial charge < -0.3 is 42.4 Å². The molecule has 4 rings (SSSR count). The van der Waals surface area contributed by atoms with Crippen LogP contribution < -0.4 is 37.6 Å². The third-order valence-corrected chi connectivity index (χ3v) is 9.70. The van der Waals surface area contributed by atoms with E-state index in [0.29, 0.717) is 29.2 Å². The molecule has 0 bridgehead atoms. The number of rotatable bonds is 21. The monoisotopic (exact) mass is 829 g/mol. The van der Waals surface area contributed by atoms with Crippen molar-refractivity contribution in [2.45, 2.75) is 89.6 Å². The van der Waals surface area contributed by atoms with E-state index in [1.165, 1.54) is 12.2 Å². The van der Waals surface area contributed by atoms with Crippen LogP contribution in [0.1, 0.15) is 62.6 Å². The molecular formula is C43H52ClN7O8. The van der Waals surface area contributed by atoms with Crippen molar-refractivity contribution in [1.29, 1.82) is 0 Å². The van der Waals surface area contributed by atoms with Crippen LogP contribution >= 0.6 is 11.6 Å². The van der Waals surface area contributed by atoms with Gasteiger partial charge >= 0.3 is 6.09 Å². The molecular weight excluding hydrogens is 778 g/mol. The average Bonchev–Trinajstić information content (AvgIpc) is 3.62. The number of nitrogens with zero attached hydrogens (tertiary/aromatic N) is 1. The Hall–Kier alpha value is -6.22. The second kappa shape index (κ2) is 22.6. The van der Waals surface area contributed by atoms with E-state index in [1.807, 2.05) is 19.9 Å². The summed E-state index contributed by atoms with van der Waals surface area (Å²) in [6, 6.07) is 18.6. The first kappa shape index (κ1) is 45.5. The summed E-state index contributed by atoms with van der Waals surface area (Å²) in [7, 11) is 0. The molecule has 0 aromatic heterocycles. The van der Waals surface area contributed by atoms with Crippen LogP contribution in [0.3, 0.4) is 0 Å². The van der Waals surface area contributed by atoms with E-state index in [-0.39, 0.29) is 57.0 Å². The van der Waals surface area contributed by atoms with Gasteiger partial charge in [-0.05, 0) is 66.5 Å². The maximum absolute atomic E-state index is 14.1. The standard InChI is InChI=1S/C43H52ClN7O8/c1-27(2)23-34(50-43(58)59-26-29-11-7-4-8-12-29)41(56)49-35(24-28-9-5-3-6-10-28)42(57)48-33(16-19-38(46)53)40(55)47-32(14-18-37(45)52)15-20-39(54)51-22-21-30-25-31(44)13-17-36(30)51/h3-13,15,17,20,25,27,32-35H,14,16,18-19,21-24,26H2,1-2H3,(H2,45,52)(H2,46,53)(H,47,55)(H,48,57)(H,49,56)(H,50,58)/b20-15+/t32-,33-,34-,35-/m0/s1. The molecule has 1 heterocycles. The zero-order valence-corrected chi connectivity index (χ0v) is 33.9. The van der Waals surface area contributed by atoms with E-state index in [0.717, 1.165) is 11.1 Å². The summed E-state index contributed by atoms with van der Waals surface area (Å²) in [5, 5.41) is 11.3. The van der Waals surface area contributed by atoms with Crippen LogP contribution in [-0.2, 0) is 53.0 Å². The van der Waals surface area contributed by atoms with Crippen molar-refractivity contribution in [1.82, 2.24) is 21.3 Å². The van der Waals surface area contributed by atoms with Crippen molar-refractivity contribution < 1.29 is 38.3 Å². The highest BCUT2D eigenvalue weighted by molar-refractivity contribution is 6.30. The van der Waals surface area contributed by atoms with Crippen LogP contribution in [0.2, 0.25) is 5.02 Å². The molecule has 3 aromatic rings. The van der Waals surface area contributed by atoms with Gasteiger partial charge in [-0.3, -0.25) is 28.8 Å². The summed E-state index contributed by atoms with van der Waals surface area (Å²) >= 11 is 6.12. The zero-order valence-electron chi connectivity index (χ0n) is 33.2. The van der Waals surface area contributed by atoms with Gasteiger partial charge in [-0.1, -0.05) is 92.2 Å². The topological polar surface area (TPSA) is 232 Å². The molecule has 314 valence electrons. The van der Waals surface area contributed by atoms with Crippen LogP contribution in [0, 0.1) is 5.92 Å². The van der Waals surface area contributed by atoms with Crippen molar-refractivity contribution in [3.63, 3.8) is 0 Å². The van der Waals surface area contributed by atoms with Crippen molar-refractivity contribution in [3.8, 4) is 0 Å². The predicted octanol–water partition coefficient (Wildman–Crippen LogP) is 3.35. The number of amides is 7. The quantitative estimate of drug-likeness (QED) is 0.0870. The Morgan fingerprint density at radius 2 is 1.34 bits per heavy atom. The number of carbonyl (C=O) groups excluding carboxylic acids is 7. The minimum atomic E-state index is -1.34. The van der Waals surface area contributed by atoms with E-state index in [4.69, 9.17) is 27.8 Å². The van der Waals surface area contributed by atoms with Gasteiger partial charge in [0.25, 0.3) is 5.91 Å². The van der Waals surface area contributed by atoms with Crippen LogP contribution in [-0.4, -0.2) is 72.2 Å². The van der Waals surface area contributed by atoms with Crippen molar-refractivity contribution in [2.75, 3.05) is 11.4 Å². The number of anilines is 1. The summed E-state index contributed by atoms with van der Waals surface area (Å²) in [6.07, 6.45) is 2.15. The van der Waals surface area contributed by atoms with E-state index in [1.54, 1.807) is 77.7 Å². The number of benzene rings is 3. The molecule has 1 aliphatic heterocycles. The maximum Gasteiger partial charge on any atom is 0.408 e. The Bertz CT molecular complexity index is 1980. The number of halogens is 1. The highest BCUT2D eigenvalue weighted by atomic mass is 35.5. The Morgan fingerprint density at radius 3 is 1.98 bits per heavy atom. The largest absolute Gasteiger partial charge is 0.445 e. The molecule has 0 radical (unpaired) electrons. The van der Waals surface area contributed by atoms with E-state index < -0.39 is 59.8 Å². The highest BCUT2D eigenvalue weighted by Gasteiger charge is 2.32. The molecule has 1 aliphatic rings. The fourth-order valence-electron chi connectivity index (χ4n) is 6.45. The van der Waals surface area contributed by atoms with Gasteiger partial charge in [0.05, 0.1) is 0 Å². The number of alkyl carbamates (subject to hydrolysis) is 1. The second-order valence-electron chi connectivity index (χ2n) is 14.7. The summed E-state index contributed by atoms with van der Waals surface area (Å²) in [6.45, 7) is 4.15. The molecule has 16 heteroatoms. The fourth-order valence-corrected chi connectivity index (χ4v) is 6.65. The molecule has 4 atom stereocenters. The predicted molar refractivity (Wildman–Crippen MR) is 222 cm³/mol. The first-order valence-corrected chi connectivity index (χ1v) is 19.8. The third kappa shape index (κ3) is 15.2. The number of ether oxygens (including phenoxy) is 1. The van der Waals surface area contributed by atoms with Crippen LogP contribution in [0.4, 0.5) is 10.5 Å². The first-order chi connectivity index (χ1) is 28.2. The van der Waals surface area contributed by atoms with Gasteiger partial charge in [-0.15, -0.1) is 0 Å². The lowest BCUT2D eigenvalue weighted by molar-refractivity contribution is -0.133. The molecule has 0 saturated heterocycles. The Morgan fingerprint density at radius 1 is 0.746 bits per heavy atom. The Kier molecular flexibility index (Phi) is 17.5. The first-order valence-electron chi connectivity index (χ1n) is 19.5. The molecule has 0 unspecified atom stereocenters. The number of carbonyl (C=O) groups is 7. The Balaban J connectivity index is 1.51. The molecule has 59 heavy (non-hydrogen) atoms. The number of fused-ring (bicyclic) bond motifs is 1. The van der Waals surface area contributed by atoms with Crippen molar-refractivity contribution >= 4 is 58.8 Å². The van der Waals surface area contributed by atoms with E-state index >= 15 is 0 Å². The van der Waals surface area contributed by atoms with Gasteiger partial charge in [0.2, 0.25) is 29.5 Å². The lowest BCUT2D eigenvalue weighted by Crippen LogP contribution is -2.58. The average molecular weight is 830 g/mol. The van der Waals surface area contributed by atoms with Crippen LogP contribution in [0.5, 0.6) is 0 Å². The van der Waals surface area contributed by atoms with Gasteiger partial charge in [0.15, 0.2) is 0 Å². The van der Waals surface area contributed by atoms with Crippen LogP contribution in [0.25, 0.3) is 0 Å². The molecule has 3 aromatic carbocycles. The number of nitrogens with one attached hydrogen (secondary N) is 4. The minimum absolute atomic E-state index is 0.00729. The molecule has 15 nitrogen and oxygen atoms in total. The highest BCUT2D eigenvalue weighted by Crippen LogP contribution is 2.30. The lowest BCUT2D eigenvalue weighted by atomic mass is 10.0. The summed E-state index contributed by atoms with van der Waals surface area (Å²) < 4.78 is 5.35. The maximum atomic E-state index is 14.1. The molecule has 0 aliphatic carbocycles. The van der Waals surface area contributed by atoms with E-state index in [9.17, 15) is 33.6 Å². The number of primary amides is 2. The van der Waals surface area contributed by atoms with E-state index in [2.05, 4.69) is 21.3 Å². The van der Waals surface area contributed by atoms with Crippen LogP contribution in [0.15, 0.2) is 91.0 Å². The lowest BCUT2D eigenvalue weighted by Gasteiger charge is -2.26. The number of hydrogen-bond donors (Lipinski definition) is 6. The van der Waals surface area contributed by atoms with Gasteiger partial charge in [0, 0.05) is 48.6 Å². The summed E-state index contributed by atoms with van der Waals surface area (Å²) in [5.74, 6) is -3.92. The SMILES string of the molecule is CC(C)C[C@H](NC(=O)OCc1ccccc1)C(=O)N[C@@H](Cc1ccccc1)C(=O)N[C@@H](CCC(N)=O)C(=O)N[C@H](/C=C/C(=O)N1CCc2cc(Cl)ccc21)CCC(N)=O. The zero-order chi connectivity index (χ0) is 42.9. The molecule has 0 fully saturated rings. The van der Waals surface area contributed by atoms with Crippen molar-refractivity contribution in [3.05, 3.63) is 113 Å². The molecule has 0 saturated carbocycles. The van der Waals surface area contributed by atoms with Crippen molar-refractivity contribution in [2.24, 2.45) is 17.4 Å². The van der Waals surface area contributed by atoms with Gasteiger partial charge in [-0.25, -0.2) is 4.79 Å². The molecule has 7 amide bonds. The normalized spacial score (nSPS) is 14.1. The fraction of sp³-hybridized carbons (Fsp3) is 0.372.